The molecule has 0 bridgehead atoms. The van der Waals surface area contributed by atoms with E-state index < -0.39 is 0 Å². The van der Waals surface area contributed by atoms with Crippen LogP contribution in [0.3, 0.4) is 0 Å². The molecule has 88 valence electrons. The second-order valence-corrected chi connectivity index (χ2v) is 4.02. The average molecular weight is 394 g/mol. The van der Waals surface area contributed by atoms with Gasteiger partial charge in [-0.3, -0.25) is 0 Å². The van der Waals surface area contributed by atoms with Crippen LogP contribution in [0, 0.1) is 39.8 Å². The van der Waals surface area contributed by atoms with E-state index in [0.29, 0.717) is 0 Å². The van der Waals surface area contributed by atoms with E-state index in [-0.39, 0.29) is 21.1 Å². The third-order valence-corrected chi connectivity index (χ3v) is 2.70. The summed E-state index contributed by atoms with van der Waals surface area (Å²) in [6, 6.07) is 18.0. The van der Waals surface area contributed by atoms with Gasteiger partial charge in [-0.25, -0.2) is 0 Å². The topological polar surface area (TPSA) is 0 Å². The van der Waals surface area contributed by atoms with Crippen LogP contribution in [-0.4, -0.2) is 0 Å². The van der Waals surface area contributed by atoms with Gasteiger partial charge in [0.2, 0.25) is 0 Å². The van der Waals surface area contributed by atoms with Gasteiger partial charge in [-0.05, 0) is 0 Å². The van der Waals surface area contributed by atoms with E-state index in [4.69, 9.17) is 0 Å². The summed E-state index contributed by atoms with van der Waals surface area (Å²) in [6.45, 7) is 8.38. The Morgan fingerprint density at radius 3 is 1.18 bits per heavy atom. The number of hydrogen-bond acceptors (Lipinski definition) is 0. The molecule has 0 N–H and O–H groups in total. The zero-order valence-corrected chi connectivity index (χ0v) is 13.8. The minimum atomic E-state index is 0. The number of hydrogen-bond donors (Lipinski definition) is 0. The molecule has 1 heteroatoms. The number of aryl methyl sites for hydroxylation is 4. The summed E-state index contributed by atoms with van der Waals surface area (Å²) < 4.78 is 0. The van der Waals surface area contributed by atoms with Crippen molar-refractivity contribution in [3.05, 3.63) is 70.8 Å². The van der Waals surface area contributed by atoms with Crippen molar-refractivity contribution in [1.29, 1.82) is 0 Å². The fourth-order valence-corrected chi connectivity index (χ4v) is 1.18. The summed E-state index contributed by atoms with van der Waals surface area (Å²) in [5, 5.41) is 0. The van der Waals surface area contributed by atoms with E-state index in [1.807, 2.05) is 24.3 Å². The van der Waals surface area contributed by atoms with Gasteiger partial charge in [0.05, 0.1) is 0 Å². The van der Waals surface area contributed by atoms with Crippen molar-refractivity contribution in [2.24, 2.45) is 0 Å². The van der Waals surface area contributed by atoms with E-state index in [0.717, 1.165) is 0 Å². The molecule has 0 nitrogen and oxygen atoms in total. The molecule has 0 atom stereocenters. The van der Waals surface area contributed by atoms with Crippen LogP contribution < -0.4 is 0 Å². The monoisotopic (exact) mass is 394 g/mol. The fourth-order valence-electron chi connectivity index (χ4n) is 1.18. The number of rotatable bonds is 0. The molecule has 0 saturated heterocycles. The molecule has 2 aromatic carbocycles. The van der Waals surface area contributed by atoms with Crippen LogP contribution in [0.15, 0.2) is 36.4 Å². The van der Waals surface area contributed by atoms with E-state index in [1.165, 1.54) is 22.3 Å². The zero-order chi connectivity index (χ0) is 12.0. The Hall–Kier alpha value is -0.872. The van der Waals surface area contributed by atoms with Crippen molar-refractivity contribution < 1.29 is 21.1 Å². The minimum Gasteiger partial charge on any atom is -0.184 e. The summed E-state index contributed by atoms with van der Waals surface area (Å²) in [6.07, 6.45) is 0. The molecule has 0 aliphatic rings. The van der Waals surface area contributed by atoms with Crippen LogP contribution in [0.4, 0.5) is 0 Å². The standard InChI is InChI=1S/2C8H9.W/c2*1-7-5-3-4-6-8(7)2;/h2*3,5-6H,1-2H3;/q2*-1;+2. The summed E-state index contributed by atoms with van der Waals surface area (Å²) in [4.78, 5) is 0. The first-order valence-electron chi connectivity index (χ1n) is 5.48. The van der Waals surface area contributed by atoms with E-state index >= 15 is 0 Å². The normalized spacial score (nSPS) is 8.71. The predicted molar refractivity (Wildman–Crippen MR) is 69.5 cm³/mol. The first kappa shape index (κ1) is 16.1. The van der Waals surface area contributed by atoms with Crippen molar-refractivity contribution in [2.45, 2.75) is 27.7 Å². The third-order valence-electron chi connectivity index (χ3n) is 2.70. The van der Waals surface area contributed by atoms with Gasteiger partial charge in [-0.2, -0.15) is 70.8 Å². The van der Waals surface area contributed by atoms with Crippen LogP contribution >= 0.6 is 0 Å². The Kier molecular flexibility index (Phi) is 7.83. The van der Waals surface area contributed by atoms with Gasteiger partial charge >= 0.3 is 21.1 Å². The van der Waals surface area contributed by atoms with Crippen molar-refractivity contribution in [3.63, 3.8) is 0 Å². The SMILES string of the molecule is Cc1c[c-]ccc1C.Cc1c[c-]ccc1C.[W+2]. The van der Waals surface area contributed by atoms with Crippen molar-refractivity contribution >= 4 is 0 Å². The maximum atomic E-state index is 3.00. The Morgan fingerprint density at radius 1 is 0.647 bits per heavy atom. The van der Waals surface area contributed by atoms with Crippen molar-refractivity contribution in [2.75, 3.05) is 0 Å². The smallest absolute Gasteiger partial charge is 0.184 e. The van der Waals surface area contributed by atoms with Gasteiger partial charge in [-0.15, -0.1) is 0 Å². The quantitative estimate of drug-likeness (QED) is 0.588. The molecular formula is C16H18W. The molecule has 0 aliphatic heterocycles. The van der Waals surface area contributed by atoms with E-state index in [2.05, 4.69) is 52.0 Å². The van der Waals surface area contributed by atoms with Crippen LogP contribution in [0.1, 0.15) is 22.3 Å². The Bertz CT molecular complexity index is 361. The maximum Gasteiger partial charge on any atom is 2.00 e. The van der Waals surface area contributed by atoms with Crippen LogP contribution in [0.5, 0.6) is 0 Å². The van der Waals surface area contributed by atoms with Gasteiger partial charge < -0.3 is 0 Å². The Morgan fingerprint density at radius 2 is 1.00 bits per heavy atom. The summed E-state index contributed by atoms with van der Waals surface area (Å²) in [5.74, 6) is 0. The van der Waals surface area contributed by atoms with Crippen LogP contribution in [0.2, 0.25) is 0 Å². The second-order valence-electron chi connectivity index (χ2n) is 4.02. The van der Waals surface area contributed by atoms with Gasteiger partial charge in [0, 0.05) is 0 Å². The molecular weight excluding hydrogens is 376 g/mol. The molecule has 0 heterocycles. The van der Waals surface area contributed by atoms with Gasteiger partial charge in [0.15, 0.2) is 0 Å². The predicted octanol–water partition coefficient (Wildman–Crippen LogP) is 4.20. The molecule has 0 aromatic heterocycles. The molecule has 2 rings (SSSR count). The van der Waals surface area contributed by atoms with Crippen molar-refractivity contribution in [1.82, 2.24) is 0 Å². The zero-order valence-electron chi connectivity index (χ0n) is 10.9. The molecule has 0 saturated carbocycles. The van der Waals surface area contributed by atoms with Gasteiger partial charge in [0.1, 0.15) is 0 Å². The molecule has 0 amide bonds. The van der Waals surface area contributed by atoms with Gasteiger partial charge in [-0.1, -0.05) is 27.7 Å². The largest absolute Gasteiger partial charge is 2.00 e. The molecule has 0 spiro atoms. The first-order chi connectivity index (χ1) is 7.61. The van der Waals surface area contributed by atoms with E-state index in [9.17, 15) is 0 Å². The fraction of sp³-hybridized carbons (Fsp3) is 0.250. The molecule has 0 fully saturated rings. The number of benzene rings is 2. The Balaban J connectivity index is 0.000000284. The van der Waals surface area contributed by atoms with E-state index in [1.54, 1.807) is 0 Å². The van der Waals surface area contributed by atoms with Crippen LogP contribution in [0.25, 0.3) is 0 Å². The molecule has 0 unspecified atom stereocenters. The minimum absolute atomic E-state index is 0. The summed E-state index contributed by atoms with van der Waals surface area (Å²) in [7, 11) is 0. The third kappa shape index (κ3) is 5.84. The summed E-state index contributed by atoms with van der Waals surface area (Å²) >= 11 is 0. The average Bonchev–Trinajstić information content (AvgIpc) is 2.28. The maximum absolute atomic E-state index is 3.00. The summed E-state index contributed by atoms with van der Waals surface area (Å²) in [5.41, 5.74) is 5.30. The van der Waals surface area contributed by atoms with Crippen LogP contribution in [-0.2, 0) is 21.1 Å². The van der Waals surface area contributed by atoms with Gasteiger partial charge in [0.25, 0.3) is 0 Å². The molecule has 2 aromatic rings. The second kappa shape index (κ2) is 8.25. The Labute approximate surface area is 119 Å². The molecule has 0 aliphatic carbocycles. The molecule has 0 radical (unpaired) electrons. The molecule has 17 heavy (non-hydrogen) atoms. The first-order valence-corrected chi connectivity index (χ1v) is 5.48. The van der Waals surface area contributed by atoms with Crippen molar-refractivity contribution in [3.8, 4) is 0 Å².